The average Bonchev–Trinajstić information content (AvgIpc) is 3.05. The van der Waals surface area contributed by atoms with Crippen LogP contribution in [0.5, 0.6) is 11.5 Å². The monoisotopic (exact) mass is 365 g/mol. The molecule has 4 rings (SSSR count). The highest BCUT2D eigenvalue weighted by Crippen LogP contribution is 2.39. The Bertz CT molecular complexity index is 776. The van der Waals surface area contributed by atoms with Crippen molar-refractivity contribution in [3.05, 3.63) is 39.0 Å². The normalized spacial score (nSPS) is 18.8. The van der Waals surface area contributed by atoms with Gasteiger partial charge >= 0.3 is 0 Å². The zero-order chi connectivity index (χ0) is 16.5. The van der Waals surface area contributed by atoms with Crippen LogP contribution in [0.3, 0.4) is 0 Å². The molecule has 0 saturated heterocycles. The number of fused-ring (bicyclic) bond motifs is 2. The third-order valence-electron chi connectivity index (χ3n) is 4.04. The molecule has 0 spiro atoms. The highest BCUT2D eigenvalue weighted by Gasteiger charge is 2.25. The van der Waals surface area contributed by atoms with E-state index in [1.165, 1.54) is 5.56 Å². The van der Waals surface area contributed by atoms with E-state index in [-0.39, 0.29) is 18.4 Å². The van der Waals surface area contributed by atoms with Gasteiger partial charge < -0.3 is 19.5 Å². The van der Waals surface area contributed by atoms with Gasteiger partial charge in [-0.1, -0.05) is 11.6 Å². The lowest BCUT2D eigenvalue weighted by molar-refractivity contribution is -0.119. The van der Waals surface area contributed by atoms with Crippen molar-refractivity contribution in [1.82, 2.24) is 0 Å². The Hall–Kier alpha value is -1.76. The maximum absolute atomic E-state index is 12.4. The average molecular weight is 366 g/mol. The molecule has 2 aromatic rings. The van der Waals surface area contributed by atoms with E-state index < -0.39 is 0 Å². The number of anilines is 1. The maximum atomic E-state index is 12.4. The molecular weight excluding hydrogens is 350 g/mol. The van der Waals surface area contributed by atoms with Crippen molar-refractivity contribution in [3.63, 3.8) is 0 Å². The van der Waals surface area contributed by atoms with Gasteiger partial charge in [0.1, 0.15) is 19.3 Å². The summed E-state index contributed by atoms with van der Waals surface area (Å²) < 4.78 is 16.8. The second-order valence-corrected chi connectivity index (χ2v) is 7.00. The fourth-order valence-electron chi connectivity index (χ4n) is 2.90. The van der Waals surface area contributed by atoms with Crippen molar-refractivity contribution in [1.29, 1.82) is 0 Å². The quantitative estimate of drug-likeness (QED) is 0.898. The zero-order valence-electron chi connectivity index (χ0n) is 12.8. The molecule has 1 aromatic heterocycles. The van der Waals surface area contributed by atoms with Crippen LogP contribution in [0.25, 0.3) is 0 Å². The summed E-state index contributed by atoms with van der Waals surface area (Å²) in [5, 5.41) is 5.32. The van der Waals surface area contributed by atoms with Crippen LogP contribution in [0.2, 0.25) is 5.02 Å². The van der Waals surface area contributed by atoms with Gasteiger partial charge in [-0.05, 0) is 23.4 Å². The predicted octanol–water partition coefficient (Wildman–Crippen LogP) is 3.82. The molecule has 24 heavy (non-hydrogen) atoms. The number of carbonyl (C=O) groups is 1. The zero-order valence-corrected chi connectivity index (χ0v) is 14.4. The molecule has 0 saturated carbocycles. The molecule has 0 bridgehead atoms. The van der Waals surface area contributed by atoms with Crippen LogP contribution in [0.4, 0.5) is 5.69 Å². The number of hydrogen-bond donors (Lipinski definition) is 1. The lowest BCUT2D eigenvalue weighted by Crippen LogP contribution is -2.21. The first kappa shape index (κ1) is 15.7. The Balaban J connectivity index is 1.47. The van der Waals surface area contributed by atoms with Crippen molar-refractivity contribution in [2.45, 2.75) is 18.9 Å². The topological polar surface area (TPSA) is 56.8 Å². The van der Waals surface area contributed by atoms with E-state index >= 15 is 0 Å². The lowest BCUT2D eigenvalue weighted by Gasteiger charge is -2.23. The van der Waals surface area contributed by atoms with Gasteiger partial charge in [0.2, 0.25) is 5.91 Å². The molecule has 1 atom stereocenters. The fourth-order valence-corrected chi connectivity index (χ4v) is 4.11. The SMILES string of the molecule is O=C(CC1OCCc2ccsc21)Nc1cc2c(cc1Cl)OCCO2. The summed E-state index contributed by atoms with van der Waals surface area (Å²) in [4.78, 5) is 13.6. The molecule has 1 unspecified atom stereocenters. The number of hydrogen-bond acceptors (Lipinski definition) is 5. The van der Waals surface area contributed by atoms with Gasteiger partial charge in [0.25, 0.3) is 0 Å². The highest BCUT2D eigenvalue weighted by atomic mass is 35.5. The first-order valence-electron chi connectivity index (χ1n) is 7.77. The predicted molar refractivity (Wildman–Crippen MR) is 92.4 cm³/mol. The number of nitrogens with one attached hydrogen (secondary N) is 1. The molecule has 7 heteroatoms. The van der Waals surface area contributed by atoms with E-state index in [1.807, 2.05) is 5.38 Å². The smallest absolute Gasteiger partial charge is 0.227 e. The first-order chi connectivity index (χ1) is 11.7. The summed E-state index contributed by atoms with van der Waals surface area (Å²) in [5.74, 6) is 1.05. The Morgan fingerprint density at radius 2 is 2.04 bits per heavy atom. The minimum Gasteiger partial charge on any atom is -0.486 e. The van der Waals surface area contributed by atoms with Gasteiger partial charge in [-0.25, -0.2) is 0 Å². The van der Waals surface area contributed by atoms with Gasteiger partial charge in [0, 0.05) is 17.0 Å². The van der Waals surface area contributed by atoms with Crippen LogP contribution < -0.4 is 14.8 Å². The van der Waals surface area contributed by atoms with Crippen molar-refractivity contribution >= 4 is 34.5 Å². The molecule has 2 aliphatic heterocycles. The van der Waals surface area contributed by atoms with Crippen molar-refractivity contribution in [2.24, 2.45) is 0 Å². The molecule has 1 aromatic carbocycles. The van der Waals surface area contributed by atoms with Crippen LogP contribution in [-0.4, -0.2) is 25.7 Å². The van der Waals surface area contributed by atoms with Gasteiger partial charge in [0.15, 0.2) is 11.5 Å². The van der Waals surface area contributed by atoms with Crippen molar-refractivity contribution in [2.75, 3.05) is 25.1 Å². The second-order valence-electron chi connectivity index (χ2n) is 5.65. The van der Waals surface area contributed by atoms with Gasteiger partial charge in [-0.2, -0.15) is 0 Å². The number of thiophene rings is 1. The number of ether oxygens (including phenoxy) is 3. The minimum absolute atomic E-state index is 0.139. The summed E-state index contributed by atoms with van der Waals surface area (Å²) in [5.41, 5.74) is 1.80. The largest absolute Gasteiger partial charge is 0.486 e. The molecule has 0 aliphatic carbocycles. The van der Waals surface area contributed by atoms with E-state index in [0.29, 0.717) is 42.0 Å². The lowest BCUT2D eigenvalue weighted by atomic mass is 10.1. The Morgan fingerprint density at radius 3 is 2.88 bits per heavy atom. The van der Waals surface area contributed by atoms with Crippen LogP contribution >= 0.6 is 22.9 Å². The molecular formula is C17H16ClNO4S. The molecule has 0 fully saturated rings. The summed E-state index contributed by atoms with van der Waals surface area (Å²) in [6.45, 7) is 1.63. The third kappa shape index (κ3) is 3.09. The van der Waals surface area contributed by atoms with Crippen LogP contribution in [-0.2, 0) is 16.0 Å². The highest BCUT2D eigenvalue weighted by molar-refractivity contribution is 7.10. The van der Waals surface area contributed by atoms with E-state index in [2.05, 4.69) is 11.4 Å². The molecule has 5 nitrogen and oxygen atoms in total. The summed E-state index contributed by atoms with van der Waals surface area (Å²) >= 11 is 7.87. The van der Waals surface area contributed by atoms with Gasteiger partial charge in [-0.15, -0.1) is 11.3 Å². The van der Waals surface area contributed by atoms with Crippen LogP contribution in [0.1, 0.15) is 23.0 Å². The second kappa shape index (κ2) is 6.63. The molecule has 3 heterocycles. The summed E-state index contributed by atoms with van der Waals surface area (Å²) in [6.07, 6.45) is 0.980. The Morgan fingerprint density at radius 1 is 1.25 bits per heavy atom. The Kier molecular flexibility index (Phi) is 4.35. The Labute approximate surface area is 148 Å². The maximum Gasteiger partial charge on any atom is 0.227 e. The van der Waals surface area contributed by atoms with E-state index in [4.69, 9.17) is 25.8 Å². The van der Waals surface area contributed by atoms with E-state index in [1.54, 1.807) is 23.5 Å². The summed E-state index contributed by atoms with van der Waals surface area (Å²) in [6, 6.07) is 5.47. The van der Waals surface area contributed by atoms with Gasteiger partial charge in [-0.3, -0.25) is 4.79 Å². The van der Waals surface area contributed by atoms with Crippen molar-refractivity contribution < 1.29 is 19.0 Å². The van der Waals surface area contributed by atoms with Crippen molar-refractivity contribution in [3.8, 4) is 11.5 Å². The third-order valence-corrected chi connectivity index (χ3v) is 5.40. The number of carbonyl (C=O) groups excluding carboxylic acids is 1. The summed E-state index contributed by atoms with van der Waals surface area (Å²) in [7, 11) is 0. The fraction of sp³-hybridized carbons (Fsp3) is 0.353. The molecule has 0 radical (unpaired) electrons. The van der Waals surface area contributed by atoms with E-state index in [9.17, 15) is 4.79 Å². The standard InChI is InChI=1S/C17H16ClNO4S/c18-11-7-13-14(23-5-4-22-13)8-12(11)19-16(20)9-15-17-10(1-3-21-15)2-6-24-17/h2,6-8,15H,1,3-5,9H2,(H,19,20). The van der Waals surface area contributed by atoms with E-state index in [0.717, 1.165) is 11.3 Å². The first-order valence-corrected chi connectivity index (χ1v) is 9.03. The number of amides is 1. The number of halogens is 1. The number of rotatable bonds is 3. The minimum atomic E-state index is -0.190. The number of benzene rings is 1. The van der Waals surface area contributed by atoms with Crippen LogP contribution in [0.15, 0.2) is 23.6 Å². The van der Waals surface area contributed by atoms with Crippen LogP contribution in [0, 0.1) is 0 Å². The molecule has 1 N–H and O–H groups in total. The molecule has 1 amide bonds. The molecule has 126 valence electrons. The molecule has 2 aliphatic rings. The van der Waals surface area contributed by atoms with Gasteiger partial charge in [0.05, 0.1) is 23.7 Å².